The molecule has 1 aliphatic heterocycles. The van der Waals surface area contributed by atoms with Crippen molar-refractivity contribution in [3.63, 3.8) is 0 Å². The van der Waals surface area contributed by atoms with Crippen LogP contribution >= 0.6 is 0 Å². The number of hydrogen-bond acceptors (Lipinski definition) is 3. The highest BCUT2D eigenvalue weighted by Crippen LogP contribution is 2.48. The molecular formula is C18H16F5NO3. The summed E-state index contributed by atoms with van der Waals surface area (Å²) in [5, 5.41) is 10.7. The molecular weight excluding hydrogens is 373 g/mol. The van der Waals surface area contributed by atoms with Crippen LogP contribution in [0.1, 0.15) is 31.0 Å². The van der Waals surface area contributed by atoms with E-state index in [1.165, 1.54) is 38.2 Å². The zero-order valence-corrected chi connectivity index (χ0v) is 14.3. The molecule has 3 rings (SSSR count). The van der Waals surface area contributed by atoms with E-state index in [2.05, 4.69) is 0 Å². The Balaban J connectivity index is 2.24. The number of pyridine rings is 1. The van der Waals surface area contributed by atoms with Crippen LogP contribution in [0, 0.1) is 0 Å². The highest BCUT2D eigenvalue weighted by Gasteiger charge is 2.59. The molecule has 2 heterocycles. The molecule has 2 atom stereocenters. The van der Waals surface area contributed by atoms with Gasteiger partial charge in [-0.15, -0.1) is 0 Å². The molecule has 0 unspecified atom stereocenters. The number of aromatic nitrogens is 1. The van der Waals surface area contributed by atoms with Crippen molar-refractivity contribution >= 4 is 0 Å². The van der Waals surface area contributed by atoms with Crippen molar-refractivity contribution < 1.29 is 31.8 Å². The molecule has 2 aromatic rings. The Hall–Kier alpha value is -2.42. The molecule has 0 saturated carbocycles. The van der Waals surface area contributed by atoms with Gasteiger partial charge in [-0.2, -0.15) is 22.0 Å². The Labute approximate surface area is 150 Å². The summed E-state index contributed by atoms with van der Waals surface area (Å²) in [6.45, 7) is 3.06. The maximum Gasteiger partial charge on any atom is 0.458 e. The van der Waals surface area contributed by atoms with E-state index in [1.807, 2.05) is 0 Å². The summed E-state index contributed by atoms with van der Waals surface area (Å²) in [7, 11) is 0. The summed E-state index contributed by atoms with van der Waals surface area (Å²) >= 11 is 0. The molecule has 0 spiro atoms. The number of halogens is 5. The van der Waals surface area contributed by atoms with Crippen LogP contribution in [0.2, 0.25) is 0 Å². The molecule has 1 aromatic heterocycles. The van der Waals surface area contributed by atoms with E-state index in [1.54, 1.807) is 0 Å². The number of aliphatic hydroxyl groups excluding tert-OH is 1. The molecule has 1 aromatic carbocycles. The highest BCUT2D eigenvalue weighted by atomic mass is 19.4. The van der Waals surface area contributed by atoms with Crippen molar-refractivity contribution in [2.75, 3.05) is 0 Å². The number of rotatable bonds is 2. The van der Waals surface area contributed by atoms with Crippen molar-refractivity contribution in [1.29, 1.82) is 0 Å². The quantitative estimate of drug-likeness (QED) is 0.799. The van der Waals surface area contributed by atoms with Gasteiger partial charge in [0.1, 0.15) is 17.5 Å². The summed E-state index contributed by atoms with van der Waals surface area (Å²) < 4.78 is 72.5. The Morgan fingerprint density at radius 1 is 1.11 bits per heavy atom. The largest absolute Gasteiger partial charge is 0.485 e. The number of aliphatic hydroxyl groups is 1. The van der Waals surface area contributed by atoms with Crippen LogP contribution in [-0.4, -0.2) is 27.6 Å². The van der Waals surface area contributed by atoms with Gasteiger partial charge in [-0.3, -0.25) is 4.79 Å². The molecule has 1 N–H and O–H groups in total. The van der Waals surface area contributed by atoms with Gasteiger partial charge in [0, 0.05) is 23.4 Å². The van der Waals surface area contributed by atoms with Crippen molar-refractivity contribution in [1.82, 2.24) is 4.57 Å². The van der Waals surface area contributed by atoms with E-state index >= 15 is 0 Å². The topological polar surface area (TPSA) is 51.5 Å². The monoisotopic (exact) mass is 389 g/mol. The zero-order valence-electron chi connectivity index (χ0n) is 14.3. The fraction of sp³-hybridized carbons (Fsp3) is 0.389. The van der Waals surface area contributed by atoms with E-state index in [0.717, 1.165) is 10.6 Å². The summed E-state index contributed by atoms with van der Waals surface area (Å²) in [5.74, 6) is -5.07. The lowest BCUT2D eigenvalue weighted by Gasteiger charge is -2.43. The van der Waals surface area contributed by atoms with Gasteiger partial charge >= 0.3 is 12.1 Å². The minimum Gasteiger partial charge on any atom is -0.485 e. The van der Waals surface area contributed by atoms with Gasteiger partial charge in [0.25, 0.3) is 5.56 Å². The first-order chi connectivity index (χ1) is 12.4. The summed E-state index contributed by atoms with van der Waals surface area (Å²) in [6, 6.07) is 5.20. The third-order valence-electron chi connectivity index (χ3n) is 4.58. The van der Waals surface area contributed by atoms with Crippen LogP contribution in [0.5, 0.6) is 5.75 Å². The lowest BCUT2D eigenvalue weighted by atomic mass is 9.85. The van der Waals surface area contributed by atoms with Gasteiger partial charge in [0.2, 0.25) is 0 Å². The Morgan fingerprint density at radius 2 is 1.78 bits per heavy atom. The second-order valence-electron chi connectivity index (χ2n) is 6.87. The van der Waals surface area contributed by atoms with Gasteiger partial charge in [-0.05, 0) is 38.1 Å². The molecule has 1 aliphatic rings. The van der Waals surface area contributed by atoms with E-state index in [0.29, 0.717) is 12.1 Å². The standard InChI is InChI=1S/C18H16F5NO3/c1-16(2)15(26)14(24-8-4-3-5-13(24)25)11-9-10(6-7-12(11)27-16)17(19,20)18(21,22)23/h3-9,14-15,26H,1-2H3/t14-,15+/m1/s1. The second-order valence-corrected chi connectivity index (χ2v) is 6.87. The fourth-order valence-corrected chi connectivity index (χ4v) is 3.10. The van der Waals surface area contributed by atoms with E-state index in [4.69, 9.17) is 4.74 Å². The van der Waals surface area contributed by atoms with Gasteiger partial charge in [-0.1, -0.05) is 6.07 Å². The van der Waals surface area contributed by atoms with Gasteiger partial charge in [0.05, 0.1) is 6.04 Å². The number of ether oxygens (including phenoxy) is 1. The molecule has 0 saturated heterocycles. The third kappa shape index (κ3) is 3.09. The molecule has 0 fully saturated rings. The normalized spacial score (nSPS) is 22.1. The van der Waals surface area contributed by atoms with Gasteiger partial charge in [-0.25, -0.2) is 0 Å². The molecule has 0 amide bonds. The van der Waals surface area contributed by atoms with Crippen molar-refractivity contribution in [3.05, 3.63) is 64.1 Å². The van der Waals surface area contributed by atoms with E-state index < -0.39 is 41.0 Å². The lowest BCUT2D eigenvalue weighted by Crippen LogP contribution is -2.52. The smallest absolute Gasteiger partial charge is 0.458 e. The van der Waals surface area contributed by atoms with Crippen molar-refractivity contribution in [2.45, 2.75) is 43.7 Å². The van der Waals surface area contributed by atoms with Crippen LogP contribution in [0.4, 0.5) is 22.0 Å². The molecule has 0 radical (unpaired) electrons. The van der Waals surface area contributed by atoms with E-state index in [9.17, 15) is 31.9 Å². The Kier molecular flexibility index (Phi) is 4.33. The number of nitrogens with zero attached hydrogens (tertiary/aromatic N) is 1. The Bertz CT molecular complexity index is 920. The highest BCUT2D eigenvalue weighted by molar-refractivity contribution is 5.45. The lowest BCUT2D eigenvalue weighted by molar-refractivity contribution is -0.289. The molecule has 0 aliphatic carbocycles. The number of fused-ring (bicyclic) bond motifs is 1. The van der Waals surface area contributed by atoms with Crippen LogP contribution < -0.4 is 10.3 Å². The minimum absolute atomic E-state index is 0.0211. The van der Waals surface area contributed by atoms with Crippen LogP contribution in [0.25, 0.3) is 0 Å². The summed E-state index contributed by atoms with van der Waals surface area (Å²) in [5.41, 5.74) is -3.17. The number of benzene rings is 1. The van der Waals surface area contributed by atoms with E-state index in [-0.39, 0.29) is 11.3 Å². The predicted molar refractivity (Wildman–Crippen MR) is 85.9 cm³/mol. The van der Waals surface area contributed by atoms with Crippen LogP contribution in [-0.2, 0) is 5.92 Å². The Morgan fingerprint density at radius 3 is 2.37 bits per heavy atom. The molecule has 27 heavy (non-hydrogen) atoms. The zero-order chi connectivity index (χ0) is 20.2. The van der Waals surface area contributed by atoms with Gasteiger partial charge in [0.15, 0.2) is 0 Å². The summed E-state index contributed by atoms with van der Waals surface area (Å²) in [6.07, 6.45) is -5.83. The van der Waals surface area contributed by atoms with Crippen LogP contribution in [0.15, 0.2) is 47.4 Å². The molecule has 146 valence electrons. The van der Waals surface area contributed by atoms with Gasteiger partial charge < -0.3 is 14.4 Å². The first kappa shape index (κ1) is 19.3. The average molecular weight is 389 g/mol. The van der Waals surface area contributed by atoms with Crippen molar-refractivity contribution in [2.24, 2.45) is 0 Å². The minimum atomic E-state index is -5.78. The SMILES string of the molecule is CC1(C)Oc2ccc(C(F)(F)C(F)(F)F)cc2[C@@H](n2ccccc2=O)[C@@H]1O. The first-order valence-corrected chi connectivity index (χ1v) is 7.99. The van der Waals surface area contributed by atoms with Crippen molar-refractivity contribution in [3.8, 4) is 5.75 Å². The summed E-state index contributed by atoms with van der Waals surface area (Å²) in [4.78, 5) is 12.2. The molecule has 9 heteroatoms. The third-order valence-corrected chi connectivity index (χ3v) is 4.58. The second kappa shape index (κ2) is 6.05. The fourth-order valence-electron chi connectivity index (χ4n) is 3.10. The first-order valence-electron chi connectivity index (χ1n) is 7.99. The number of hydrogen-bond donors (Lipinski definition) is 1. The maximum atomic E-state index is 13.8. The number of alkyl halides is 5. The average Bonchev–Trinajstić information content (AvgIpc) is 2.55. The molecule has 0 bridgehead atoms. The molecule has 4 nitrogen and oxygen atoms in total. The van der Waals surface area contributed by atoms with Crippen LogP contribution in [0.3, 0.4) is 0 Å². The predicted octanol–water partition coefficient (Wildman–Crippen LogP) is 3.62. The maximum absolute atomic E-state index is 13.8.